The maximum atomic E-state index is 13.1. The highest BCUT2D eigenvalue weighted by Crippen LogP contribution is 2.34. The molecule has 3 aromatic heterocycles. The number of sulfonamides is 1. The summed E-state index contributed by atoms with van der Waals surface area (Å²) < 4.78 is 29.7. The Hall–Kier alpha value is -3.10. The Kier molecular flexibility index (Phi) is 4.60. The van der Waals surface area contributed by atoms with Crippen LogP contribution in [0, 0.1) is 6.92 Å². The van der Waals surface area contributed by atoms with Gasteiger partial charge in [0.1, 0.15) is 16.2 Å². The summed E-state index contributed by atoms with van der Waals surface area (Å²) in [5.74, 6) is 0.814. The van der Waals surface area contributed by atoms with Crippen LogP contribution in [0.1, 0.15) is 18.0 Å². The predicted octanol–water partition coefficient (Wildman–Crippen LogP) is 3.44. The van der Waals surface area contributed by atoms with Gasteiger partial charge in [-0.15, -0.1) is 0 Å². The average molecular weight is 420 g/mol. The molecule has 4 heterocycles. The van der Waals surface area contributed by atoms with Crippen molar-refractivity contribution in [3.63, 3.8) is 0 Å². The molecule has 0 radical (unpaired) electrons. The lowest BCUT2D eigenvalue weighted by Gasteiger charge is -2.18. The number of benzene rings is 1. The van der Waals surface area contributed by atoms with Gasteiger partial charge in [0, 0.05) is 37.2 Å². The van der Waals surface area contributed by atoms with Gasteiger partial charge in [0.25, 0.3) is 0 Å². The molecule has 0 spiro atoms. The summed E-state index contributed by atoms with van der Waals surface area (Å²) in [7, 11) is -3.58. The van der Waals surface area contributed by atoms with Gasteiger partial charge >= 0.3 is 0 Å². The van der Waals surface area contributed by atoms with Crippen molar-refractivity contribution >= 4 is 21.2 Å². The molecule has 0 amide bonds. The molecule has 1 saturated heterocycles. The van der Waals surface area contributed by atoms with Gasteiger partial charge < -0.3 is 4.57 Å². The molecule has 5 rings (SSSR count). The zero-order valence-electron chi connectivity index (χ0n) is 16.5. The van der Waals surface area contributed by atoms with E-state index in [0.717, 1.165) is 22.6 Å². The second kappa shape index (κ2) is 7.30. The zero-order valence-corrected chi connectivity index (χ0v) is 17.3. The second-order valence-electron chi connectivity index (χ2n) is 7.51. The van der Waals surface area contributed by atoms with E-state index >= 15 is 0 Å². The van der Waals surface area contributed by atoms with Gasteiger partial charge in [-0.25, -0.2) is 18.4 Å². The van der Waals surface area contributed by atoms with Crippen LogP contribution >= 0.6 is 0 Å². The number of hydrogen-bond acceptors (Lipinski definition) is 5. The molecular formula is C22H21N5O2S. The molecule has 1 atom stereocenters. The first-order chi connectivity index (χ1) is 14.5. The maximum absolute atomic E-state index is 13.1. The van der Waals surface area contributed by atoms with Gasteiger partial charge in [-0.1, -0.05) is 29.8 Å². The molecule has 152 valence electrons. The van der Waals surface area contributed by atoms with Crippen LogP contribution in [0.4, 0.5) is 0 Å². The lowest BCUT2D eigenvalue weighted by atomic mass is 10.1. The highest BCUT2D eigenvalue weighted by Gasteiger charge is 2.35. The quantitative estimate of drug-likeness (QED) is 0.506. The van der Waals surface area contributed by atoms with Crippen molar-refractivity contribution in [2.24, 2.45) is 0 Å². The number of hydrogen-bond donors (Lipinski definition) is 0. The number of rotatable bonds is 4. The van der Waals surface area contributed by atoms with Gasteiger partial charge in [-0.05, 0) is 37.6 Å². The largest absolute Gasteiger partial charge is 0.304 e. The van der Waals surface area contributed by atoms with E-state index in [0.29, 0.717) is 19.5 Å². The van der Waals surface area contributed by atoms with Crippen molar-refractivity contribution in [2.45, 2.75) is 24.3 Å². The number of nitrogens with zero attached hydrogens (tertiary/aromatic N) is 5. The molecule has 0 bridgehead atoms. The van der Waals surface area contributed by atoms with E-state index in [4.69, 9.17) is 4.98 Å². The Labute approximate surface area is 175 Å². The minimum atomic E-state index is -3.58. The van der Waals surface area contributed by atoms with E-state index in [1.165, 1.54) is 16.1 Å². The summed E-state index contributed by atoms with van der Waals surface area (Å²) >= 11 is 0. The lowest BCUT2D eigenvalue weighted by Crippen LogP contribution is -2.29. The highest BCUT2D eigenvalue weighted by molar-refractivity contribution is 7.89. The van der Waals surface area contributed by atoms with Crippen LogP contribution in [-0.2, 0) is 10.0 Å². The smallest absolute Gasteiger partial charge is 0.244 e. The van der Waals surface area contributed by atoms with Crippen molar-refractivity contribution in [3.8, 4) is 11.4 Å². The first kappa shape index (κ1) is 18.9. The van der Waals surface area contributed by atoms with E-state index in [9.17, 15) is 8.42 Å². The fourth-order valence-corrected chi connectivity index (χ4v) is 5.43. The third-order valence-electron chi connectivity index (χ3n) is 5.52. The Morgan fingerprint density at radius 2 is 1.83 bits per heavy atom. The molecule has 1 aromatic carbocycles. The molecule has 0 N–H and O–H groups in total. The molecule has 1 aliphatic heterocycles. The Morgan fingerprint density at radius 1 is 1.03 bits per heavy atom. The first-order valence-electron chi connectivity index (χ1n) is 9.84. The molecule has 8 heteroatoms. The third kappa shape index (κ3) is 3.18. The number of imidazole rings is 1. The first-order valence-corrected chi connectivity index (χ1v) is 11.3. The Balaban J connectivity index is 1.55. The van der Waals surface area contributed by atoms with Crippen LogP contribution in [0.25, 0.3) is 22.6 Å². The predicted molar refractivity (Wildman–Crippen MR) is 114 cm³/mol. The van der Waals surface area contributed by atoms with Crippen LogP contribution in [0.3, 0.4) is 0 Å². The van der Waals surface area contributed by atoms with Crippen molar-refractivity contribution in [2.75, 3.05) is 13.1 Å². The Bertz CT molecular complexity index is 1300. The monoisotopic (exact) mass is 419 g/mol. The molecule has 7 nitrogen and oxygen atoms in total. The second-order valence-corrected chi connectivity index (χ2v) is 9.45. The fraction of sp³-hybridized carbons (Fsp3) is 0.227. The van der Waals surface area contributed by atoms with E-state index < -0.39 is 10.0 Å². The summed E-state index contributed by atoms with van der Waals surface area (Å²) in [6, 6.07) is 15.2. The molecule has 4 aromatic rings. The van der Waals surface area contributed by atoms with Crippen LogP contribution in [0.15, 0.2) is 72.0 Å². The molecule has 0 aliphatic carbocycles. The van der Waals surface area contributed by atoms with Gasteiger partial charge in [0.15, 0.2) is 5.65 Å². The van der Waals surface area contributed by atoms with Crippen molar-refractivity contribution in [3.05, 3.63) is 72.7 Å². The van der Waals surface area contributed by atoms with E-state index in [-0.39, 0.29) is 10.9 Å². The molecule has 1 fully saturated rings. The summed E-state index contributed by atoms with van der Waals surface area (Å²) in [6.45, 7) is 2.87. The minimum Gasteiger partial charge on any atom is -0.304 e. The summed E-state index contributed by atoms with van der Waals surface area (Å²) in [6.07, 6.45) is 5.41. The third-order valence-corrected chi connectivity index (χ3v) is 7.37. The number of aromatic nitrogens is 4. The summed E-state index contributed by atoms with van der Waals surface area (Å²) in [5, 5.41) is 0. The standard InChI is InChI=1S/C22H21N5O2S/c1-16-6-8-17(9-7-16)21-25-20-5-3-12-24-22(20)27(21)18-10-13-26(15-18)30(28,29)19-4-2-11-23-14-19/h2-9,11-12,14,18H,10,13,15H2,1H3. The number of pyridine rings is 2. The normalized spacial score (nSPS) is 17.6. The van der Waals surface area contributed by atoms with E-state index in [1.54, 1.807) is 24.5 Å². The van der Waals surface area contributed by atoms with Gasteiger partial charge in [-0.2, -0.15) is 4.31 Å². The van der Waals surface area contributed by atoms with Crippen LogP contribution in [0.2, 0.25) is 0 Å². The topological polar surface area (TPSA) is 81.0 Å². The van der Waals surface area contributed by atoms with Crippen LogP contribution < -0.4 is 0 Å². The SMILES string of the molecule is Cc1ccc(-c2nc3cccnc3n2C2CCN(S(=O)(=O)c3cccnc3)C2)cc1. The highest BCUT2D eigenvalue weighted by atomic mass is 32.2. The van der Waals surface area contributed by atoms with E-state index in [1.807, 2.05) is 31.2 Å². The Morgan fingerprint density at radius 3 is 2.60 bits per heavy atom. The molecule has 30 heavy (non-hydrogen) atoms. The number of aryl methyl sites for hydroxylation is 1. The van der Waals surface area contributed by atoms with Crippen molar-refractivity contribution < 1.29 is 8.42 Å². The van der Waals surface area contributed by atoms with Crippen molar-refractivity contribution in [1.82, 2.24) is 23.8 Å². The van der Waals surface area contributed by atoms with Gasteiger partial charge in [0.05, 0.1) is 6.04 Å². The number of fused-ring (bicyclic) bond motifs is 1. The lowest BCUT2D eigenvalue weighted by molar-refractivity contribution is 0.455. The summed E-state index contributed by atoms with van der Waals surface area (Å²) in [4.78, 5) is 13.6. The zero-order chi connectivity index (χ0) is 20.7. The van der Waals surface area contributed by atoms with E-state index in [2.05, 4.69) is 26.7 Å². The fourth-order valence-electron chi connectivity index (χ4n) is 3.97. The molecule has 0 saturated carbocycles. The van der Waals surface area contributed by atoms with Crippen molar-refractivity contribution in [1.29, 1.82) is 0 Å². The molecular weight excluding hydrogens is 398 g/mol. The van der Waals surface area contributed by atoms with Gasteiger partial charge in [0.2, 0.25) is 10.0 Å². The average Bonchev–Trinajstić information content (AvgIpc) is 3.40. The van der Waals surface area contributed by atoms with Crippen LogP contribution in [-0.4, -0.2) is 45.3 Å². The molecule has 1 unspecified atom stereocenters. The maximum Gasteiger partial charge on any atom is 0.244 e. The minimum absolute atomic E-state index is 0.0485. The summed E-state index contributed by atoms with van der Waals surface area (Å²) in [5.41, 5.74) is 3.75. The van der Waals surface area contributed by atoms with Gasteiger partial charge in [-0.3, -0.25) is 4.98 Å². The molecule has 1 aliphatic rings. The van der Waals surface area contributed by atoms with Crippen LogP contribution in [0.5, 0.6) is 0 Å².